The predicted molar refractivity (Wildman–Crippen MR) is 105 cm³/mol. The number of hydrogen-bond donors (Lipinski definition) is 1. The fourth-order valence-corrected chi connectivity index (χ4v) is 3.50. The van der Waals surface area contributed by atoms with Crippen molar-refractivity contribution in [2.24, 2.45) is 0 Å². The van der Waals surface area contributed by atoms with E-state index in [2.05, 4.69) is 15.5 Å². The highest BCUT2D eigenvalue weighted by Crippen LogP contribution is 2.42. The molecule has 9 heteroatoms. The molecular formula is C21H22F3N5O. The topological polar surface area (TPSA) is 64.7 Å². The van der Waals surface area contributed by atoms with Crippen LogP contribution in [0.5, 0.6) is 0 Å². The van der Waals surface area contributed by atoms with Gasteiger partial charge in [-0.05, 0) is 56.5 Å². The van der Waals surface area contributed by atoms with Crippen molar-refractivity contribution in [1.29, 1.82) is 0 Å². The van der Waals surface area contributed by atoms with Gasteiger partial charge in [0.1, 0.15) is 6.54 Å². The second-order valence-corrected chi connectivity index (χ2v) is 7.72. The molecular weight excluding hydrogens is 395 g/mol. The third-order valence-electron chi connectivity index (χ3n) is 5.04. The molecule has 1 amide bonds. The summed E-state index contributed by atoms with van der Waals surface area (Å²) in [5.41, 5.74) is 3.01. The molecule has 0 atom stereocenters. The molecule has 158 valence electrons. The molecule has 2 heterocycles. The van der Waals surface area contributed by atoms with Crippen molar-refractivity contribution in [3.05, 3.63) is 64.7 Å². The summed E-state index contributed by atoms with van der Waals surface area (Å²) in [6.07, 6.45) is -2.89. The van der Waals surface area contributed by atoms with Crippen LogP contribution in [-0.4, -0.2) is 25.5 Å². The molecule has 0 bridgehead atoms. The molecule has 0 radical (unpaired) electrons. The van der Waals surface area contributed by atoms with Crippen molar-refractivity contribution < 1.29 is 18.0 Å². The number of hydrogen-bond acceptors (Lipinski definition) is 3. The number of rotatable bonds is 6. The number of carbonyl (C=O) groups is 1. The summed E-state index contributed by atoms with van der Waals surface area (Å²) in [7, 11) is 0. The molecule has 6 nitrogen and oxygen atoms in total. The number of halogens is 3. The van der Waals surface area contributed by atoms with Crippen molar-refractivity contribution in [1.82, 2.24) is 19.6 Å². The second-order valence-electron chi connectivity index (χ2n) is 7.72. The van der Waals surface area contributed by atoms with Gasteiger partial charge in [0.05, 0.1) is 12.2 Å². The Morgan fingerprint density at radius 1 is 1.13 bits per heavy atom. The molecule has 0 spiro atoms. The minimum atomic E-state index is -4.53. The van der Waals surface area contributed by atoms with E-state index in [-0.39, 0.29) is 12.5 Å². The molecule has 1 fully saturated rings. The fraction of sp³-hybridized carbons (Fsp3) is 0.381. The number of carbonyl (C=O) groups excluding carboxylic acids is 1. The third kappa shape index (κ3) is 4.55. The number of aryl methyl sites for hydroxylation is 2. The standard InChI is InChI=1S/C21H22F3N5O/c1-13-8-14(2)28(26-13)11-15-4-3-5-17(9-15)25-20(30)12-29-18(16-6-7-16)10-19(27-29)21(22,23)24/h3-5,8-10,16H,6-7,11-12H2,1-2H3,(H,25,30). The number of anilines is 1. The quantitative estimate of drug-likeness (QED) is 0.651. The molecule has 1 aliphatic rings. The van der Waals surface area contributed by atoms with E-state index in [0.717, 1.165) is 35.9 Å². The summed E-state index contributed by atoms with van der Waals surface area (Å²) in [5, 5.41) is 10.8. The lowest BCUT2D eigenvalue weighted by atomic mass is 10.2. The molecule has 2 aromatic heterocycles. The van der Waals surface area contributed by atoms with Crippen LogP contribution in [-0.2, 0) is 24.1 Å². The smallest absolute Gasteiger partial charge is 0.324 e. The monoisotopic (exact) mass is 417 g/mol. The summed E-state index contributed by atoms with van der Waals surface area (Å²) < 4.78 is 42.1. The first-order valence-corrected chi connectivity index (χ1v) is 9.74. The van der Waals surface area contributed by atoms with E-state index < -0.39 is 17.8 Å². The van der Waals surface area contributed by atoms with Crippen molar-refractivity contribution >= 4 is 11.6 Å². The van der Waals surface area contributed by atoms with Crippen molar-refractivity contribution in [2.45, 2.75) is 51.9 Å². The van der Waals surface area contributed by atoms with Gasteiger partial charge in [0.25, 0.3) is 0 Å². The van der Waals surface area contributed by atoms with Crippen LogP contribution in [0.2, 0.25) is 0 Å². The first-order chi connectivity index (χ1) is 14.2. The summed E-state index contributed by atoms with van der Waals surface area (Å²) in [5.74, 6) is -0.373. The maximum Gasteiger partial charge on any atom is 0.435 e. The van der Waals surface area contributed by atoms with Crippen LogP contribution in [0.15, 0.2) is 36.4 Å². The second kappa shape index (κ2) is 7.62. The first kappa shape index (κ1) is 20.2. The Balaban J connectivity index is 1.46. The maximum atomic E-state index is 13.0. The van der Waals surface area contributed by atoms with E-state index in [9.17, 15) is 18.0 Å². The normalized spacial score (nSPS) is 14.2. The number of benzene rings is 1. The Bertz CT molecular complexity index is 1080. The van der Waals surface area contributed by atoms with Gasteiger partial charge in [-0.3, -0.25) is 14.2 Å². The number of alkyl halides is 3. The van der Waals surface area contributed by atoms with Crippen molar-refractivity contribution in [2.75, 3.05) is 5.32 Å². The molecule has 0 aliphatic heterocycles. The summed E-state index contributed by atoms with van der Waals surface area (Å²) in [6, 6.07) is 10.4. The van der Waals surface area contributed by atoms with Crippen LogP contribution in [0.3, 0.4) is 0 Å². The van der Waals surface area contributed by atoms with Gasteiger partial charge >= 0.3 is 6.18 Å². The van der Waals surface area contributed by atoms with E-state index in [1.54, 1.807) is 6.07 Å². The minimum absolute atomic E-state index is 0.0468. The Kier molecular flexibility index (Phi) is 5.13. The third-order valence-corrected chi connectivity index (χ3v) is 5.04. The SMILES string of the molecule is Cc1cc(C)n(Cc2cccc(NC(=O)Cn3nc(C(F)(F)F)cc3C3CC3)c2)n1. The Labute approximate surface area is 171 Å². The van der Waals surface area contributed by atoms with Gasteiger partial charge in [0.15, 0.2) is 5.69 Å². The average molecular weight is 417 g/mol. The Hall–Kier alpha value is -3.10. The van der Waals surface area contributed by atoms with E-state index in [1.807, 2.05) is 42.8 Å². The first-order valence-electron chi connectivity index (χ1n) is 9.74. The molecule has 0 saturated heterocycles. The molecule has 4 rings (SSSR count). The van der Waals surface area contributed by atoms with E-state index in [1.165, 1.54) is 4.68 Å². The van der Waals surface area contributed by atoms with Crippen LogP contribution >= 0.6 is 0 Å². The van der Waals surface area contributed by atoms with E-state index in [0.29, 0.717) is 17.9 Å². The van der Waals surface area contributed by atoms with Gasteiger partial charge in [0.2, 0.25) is 5.91 Å². The summed E-state index contributed by atoms with van der Waals surface area (Å²) >= 11 is 0. The van der Waals surface area contributed by atoms with Gasteiger partial charge in [0, 0.05) is 23.0 Å². The Morgan fingerprint density at radius 2 is 1.90 bits per heavy atom. The largest absolute Gasteiger partial charge is 0.435 e. The fourth-order valence-electron chi connectivity index (χ4n) is 3.50. The van der Waals surface area contributed by atoms with Crippen LogP contribution in [0.25, 0.3) is 0 Å². The molecule has 1 aromatic carbocycles. The van der Waals surface area contributed by atoms with Crippen LogP contribution < -0.4 is 5.32 Å². The lowest BCUT2D eigenvalue weighted by Crippen LogP contribution is -2.21. The van der Waals surface area contributed by atoms with Gasteiger partial charge in [-0.15, -0.1) is 0 Å². The van der Waals surface area contributed by atoms with Crippen LogP contribution in [0, 0.1) is 13.8 Å². The minimum Gasteiger partial charge on any atom is -0.324 e. The lowest BCUT2D eigenvalue weighted by molar-refractivity contribution is -0.141. The van der Waals surface area contributed by atoms with E-state index >= 15 is 0 Å². The van der Waals surface area contributed by atoms with Gasteiger partial charge < -0.3 is 5.32 Å². The number of nitrogens with zero attached hydrogens (tertiary/aromatic N) is 4. The molecule has 0 unspecified atom stereocenters. The van der Waals surface area contributed by atoms with E-state index in [4.69, 9.17) is 0 Å². The Morgan fingerprint density at radius 3 is 2.53 bits per heavy atom. The molecule has 1 N–H and O–H groups in total. The predicted octanol–water partition coefficient (Wildman–Crippen LogP) is 4.28. The van der Waals surface area contributed by atoms with Crippen LogP contribution in [0.1, 0.15) is 47.1 Å². The zero-order valence-corrected chi connectivity index (χ0v) is 16.7. The zero-order chi connectivity index (χ0) is 21.5. The van der Waals surface area contributed by atoms with Crippen molar-refractivity contribution in [3.63, 3.8) is 0 Å². The summed E-state index contributed by atoms with van der Waals surface area (Å²) in [6.45, 7) is 4.20. The highest BCUT2D eigenvalue weighted by atomic mass is 19.4. The highest BCUT2D eigenvalue weighted by Gasteiger charge is 2.38. The average Bonchev–Trinajstić information content (AvgIpc) is 3.32. The lowest BCUT2D eigenvalue weighted by Gasteiger charge is -2.10. The number of nitrogens with one attached hydrogen (secondary N) is 1. The van der Waals surface area contributed by atoms with Gasteiger partial charge in [-0.1, -0.05) is 12.1 Å². The zero-order valence-electron chi connectivity index (χ0n) is 16.7. The summed E-state index contributed by atoms with van der Waals surface area (Å²) in [4.78, 5) is 12.5. The van der Waals surface area contributed by atoms with Gasteiger partial charge in [-0.25, -0.2) is 0 Å². The molecule has 30 heavy (non-hydrogen) atoms. The number of aromatic nitrogens is 4. The molecule has 3 aromatic rings. The molecule has 1 aliphatic carbocycles. The molecule has 1 saturated carbocycles. The maximum absolute atomic E-state index is 13.0. The number of amides is 1. The highest BCUT2D eigenvalue weighted by molar-refractivity contribution is 5.90. The van der Waals surface area contributed by atoms with Crippen LogP contribution in [0.4, 0.5) is 18.9 Å². The van der Waals surface area contributed by atoms with Crippen molar-refractivity contribution in [3.8, 4) is 0 Å². The van der Waals surface area contributed by atoms with Gasteiger partial charge in [-0.2, -0.15) is 23.4 Å².